The van der Waals surface area contributed by atoms with Crippen LogP contribution in [0.5, 0.6) is 5.88 Å². The van der Waals surface area contributed by atoms with Gasteiger partial charge in [0.2, 0.25) is 5.88 Å². The number of ether oxygens (including phenoxy) is 2. The van der Waals surface area contributed by atoms with Gasteiger partial charge in [0.05, 0.1) is 10.7 Å². The lowest BCUT2D eigenvalue weighted by atomic mass is 10.1. The smallest absolute Gasteiger partial charge is 0.293 e. The van der Waals surface area contributed by atoms with Crippen LogP contribution in [0.2, 0.25) is 5.02 Å². The molecule has 0 aliphatic heterocycles. The van der Waals surface area contributed by atoms with Crippen LogP contribution >= 0.6 is 11.6 Å². The Morgan fingerprint density at radius 2 is 2.32 bits per heavy atom. The first-order valence-electron chi connectivity index (χ1n) is 6.24. The SMILES string of the molecule is O=COC(Cc1cc(OC(F)CF)n[nH]1)c1ncccc1Cl. The summed E-state index contributed by atoms with van der Waals surface area (Å²) in [6.45, 7) is -0.993. The van der Waals surface area contributed by atoms with Crippen LogP contribution in [-0.4, -0.2) is 34.7 Å². The Labute approximate surface area is 129 Å². The van der Waals surface area contributed by atoms with Crippen LogP contribution in [0.15, 0.2) is 24.4 Å². The molecule has 2 heterocycles. The van der Waals surface area contributed by atoms with Crippen molar-refractivity contribution in [1.29, 1.82) is 0 Å². The van der Waals surface area contributed by atoms with Gasteiger partial charge in [0.15, 0.2) is 12.8 Å². The summed E-state index contributed by atoms with van der Waals surface area (Å²) in [5.41, 5.74) is 0.857. The van der Waals surface area contributed by atoms with Gasteiger partial charge in [-0.25, -0.2) is 4.39 Å². The second kappa shape index (κ2) is 7.69. The molecule has 0 saturated heterocycles. The molecule has 2 rings (SSSR count). The molecule has 0 aliphatic rings. The quantitative estimate of drug-likeness (QED) is 0.752. The number of aromatic nitrogens is 3. The topological polar surface area (TPSA) is 77.1 Å². The average molecular weight is 332 g/mol. The molecule has 2 aromatic rings. The van der Waals surface area contributed by atoms with E-state index in [9.17, 15) is 13.6 Å². The average Bonchev–Trinajstić information content (AvgIpc) is 2.94. The minimum atomic E-state index is -2.08. The number of hydrogen-bond acceptors (Lipinski definition) is 5. The Kier molecular flexibility index (Phi) is 5.65. The first-order chi connectivity index (χ1) is 10.6. The summed E-state index contributed by atoms with van der Waals surface area (Å²) in [7, 11) is 0. The van der Waals surface area contributed by atoms with E-state index in [1.807, 2.05) is 0 Å². The number of carbonyl (C=O) groups excluding carboxylic acids is 1. The van der Waals surface area contributed by atoms with E-state index in [1.165, 1.54) is 12.3 Å². The standard InChI is InChI=1S/C13H12ClF2N3O3/c14-9-2-1-3-17-13(9)10(21-7-20)4-8-5-12(19-18-8)22-11(16)6-15/h1-3,5,7,10-11H,4,6H2,(H,18,19). The van der Waals surface area contributed by atoms with Gasteiger partial charge in [-0.1, -0.05) is 11.6 Å². The van der Waals surface area contributed by atoms with Gasteiger partial charge in [-0.2, -0.15) is 4.39 Å². The second-order valence-electron chi connectivity index (χ2n) is 4.21. The molecule has 6 nitrogen and oxygen atoms in total. The zero-order chi connectivity index (χ0) is 15.9. The first-order valence-corrected chi connectivity index (χ1v) is 6.62. The first kappa shape index (κ1) is 16.2. The van der Waals surface area contributed by atoms with Crippen LogP contribution in [0, 0.1) is 0 Å². The Morgan fingerprint density at radius 1 is 1.50 bits per heavy atom. The number of nitrogens with one attached hydrogen (secondary N) is 1. The molecule has 0 aliphatic carbocycles. The van der Waals surface area contributed by atoms with E-state index < -0.39 is 19.1 Å². The lowest BCUT2D eigenvalue weighted by molar-refractivity contribution is -0.134. The van der Waals surface area contributed by atoms with E-state index in [1.54, 1.807) is 12.1 Å². The van der Waals surface area contributed by atoms with Crippen molar-refractivity contribution in [2.45, 2.75) is 18.9 Å². The summed E-state index contributed by atoms with van der Waals surface area (Å²) in [4.78, 5) is 14.7. The van der Waals surface area contributed by atoms with Crippen LogP contribution in [0.1, 0.15) is 17.5 Å². The second-order valence-corrected chi connectivity index (χ2v) is 4.62. The molecule has 22 heavy (non-hydrogen) atoms. The van der Waals surface area contributed by atoms with Gasteiger partial charge < -0.3 is 9.47 Å². The molecule has 2 atom stereocenters. The molecule has 0 fully saturated rings. The van der Waals surface area contributed by atoms with Gasteiger partial charge in [0, 0.05) is 24.4 Å². The monoisotopic (exact) mass is 331 g/mol. The molecular weight excluding hydrogens is 320 g/mol. The van der Waals surface area contributed by atoms with Crippen molar-refractivity contribution < 1.29 is 23.0 Å². The van der Waals surface area contributed by atoms with Crippen molar-refractivity contribution in [3.05, 3.63) is 40.8 Å². The summed E-state index contributed by atoms with van der Waals surface area (Å²) in [5, 5.41) is 6.60. The van der Waals surface area contributed by atoms with Crippen LogP contribution in [0.4, 0.5) is 8.78 Å². The van der Waals surface area contributed by atoms with E-state index in [-0.39, 0.29) is 18.8 Å². The van der Waals surface area contributed by atoms with Crippen molar-refractivity contribution in [1.82, 2.24) is 15.2 Å². The number of alkyl halides is 2. The molecule has 2 aromatic heterocycles. The molecule has 0 aromatic carbocycles. The lowest BCUT2D eigenvalue weighted by Gasteiger charge is -2.14. The lowest BCUT2D eigenvalue weighted by Crippen LogP contribution is -2.12. The summed E-state index contributed by atoms with van der Waals surface area (Å²) in [6.07, 6.45) is -1.15. The molecule has 9 heteroatoms. The Hall–Kier alpha value is -2.22. The number of halogens is 3. The fourth-order valence-electron chi connectivity index (χ4n) is 1.78. The van der Waals surface area contributed by atoms with Crippen molar-refractivity contribution in [2.75, 3.05) is 6.67 Å². The summed E-state index contributed by atoms with van der Waals surface area (Å²) in [5.74, 6) is -0.0999. The van der Waals surface area contributed by atoms with Gasteiger partial charge in [-0.15, -0.1) is 5.10 Å². The molecule has 2 unspecified atom stereocenters. The van der Waals surface area contributed by atoms with Crippen molar-refractivity contribution in [3.8, 4) is 5.88 Å². The number of carbonyl (C=O) groups is 1. The van der Waals surface area contributed by atoms with E-state index >= 15 is 0 Å². The maximum absolute atomic E-state index is 12.8. The summed E-state index contributed by atoms with van der Waals surface area (Å²) >= 11 is 6.01. The zero-order valence-corrected chi connectivity index (χ0v) is 12.0. The Bertz CT molecular complexity index is 626. The molecule has 0 radical (unpaired) electrons. The summed E-state index contributed by atoms with van der Waals surface area (Å²) in [6, 6.07) is 4.63. The fraction of sp³-hybridized carbons (Fsp3) is 0.308. The van der Waals surface area contributed by atoms with Crippen molar-refractivity contribution >= 4 is 18.1 Å². The largest absolute Gasteiger partial charge is 0.458 e. The Morgan fingerprint density at radius 3 is 3.00 bits per heavy atom. The number of pyridine rings is 1. The van der Waals surface area contributed by atoms with Crippen molar-refractivity contribution in [2.24, 2.45) is 0 Å². The van der Waals surface area contributed by atoms with Gasteiger partial charge in [-0.05, 0) is 12.1 Å². The predicted octanol–water partition coefficient (Wildman–Crippen LogP) is 2.56. The molecule has 0 spiro atoms. The normalized spacial score (nSPS) is 13.4. The molecule has 1 N–H and O–H groups in total. The minimum Gasteiger partial charge on any atom is -0.458 e. The number of hydrogen-bond donors (Lipinski definition) is 1. The van der Waals surface area contributed by atoms with E-state index in [0.29, 0.717) is 16.4 Å². The number of H-pyrrole nitrogens is 1. The van der Waals surface area contributed by atoms with E-state index in [2.05, 4.69) is 19.9 Å². The molecule has 0 bridgehead atoms. The Balaban J connectivity index is 2.12. The van der Waals surface area contributed by atoms with Gasteiger partial charge in [0.25, 0.3) is 12.8 Å². The van der Waals surface area contributed by atoms with E-state index in [0.717, 1.165) is 0 Å². The maximum Gasteiger partial charge on any atom is 0.293 e. The minimum absolute atomic E-state index is 0.0999. The predicted molar refractivity (Wildman–Crippen MR) is 72.9 cm³/mol. The number of rotatable bonds is 8. The molecule has 0 saturated carbocycles. The van der Waals surface area contributed by atoms with Crippen LogP contribution in [-0.2, 0) is 16.0 Å². The highest BCUT2D eigenvalue weighted by atomic mass is 35.5. The molecular formula is C13H12ClF2N3O3. The zero-order valence-electron chi connectivity index (χ0n) is 11.2. The van der Waals surface area contributed by atoms with Gasteiger partial charge in [-0.3, -0.25) is 14.9 Å². The fourth-order valence-corrected chi connectivity index (χ4v) is 2.02. The maximum atomic E-state index is 12.8. The van der Waals surface area contributed by atoms with Crippen LogP contribution in [0.3, 0.4) is 0 Å². The molecule has 0 amide bonds. The van der Waals surface area contributed by atoms with Gasteiger partial charge in [0.1, 0.15) is 0 Å². The highest BCUT2D eigenvalue weighted by molar-refractivity contribution is 6.31. The highest BCUT2D eigenvalue weighted by Gasteiger charge is 2.20. The van der Waals surface area contributed by atoms with Crippen LogP contribution in [0.25, 0.3) is 0 Å². The van der Waals surface area contributed by atoms with Crippen LogP contribution < -0.4 is 4.74 Å². The third-order valence-corrected chi connectivity index (χ3v) is 3.01. The number of aromatic amines is 1. The molecule has 118 valence electrons. The van der Waals surface area contributed by atoms with Crippen molar-refractivity contribution in [3.63, 3.8) is 0 Å². The number of nitrogens with zero attached hydrogens (tertiary/aromatic N) is 2. The third-order valence-electron chi connectivity index (χ3n) is 2.69. The highest BCUT2D eigenvalue weighted by Crippen LogP contribution is 2.26. The van der Waals surface area contributed by atoms with E-state index in [4.69, 9.17) is 16.3 Å². The third kappa shape index (κ3) is 4.14. The summed E-state index contributed by atoms with van der Waals surface area (Å²) < 4.78 is 34.4. The van der Waals surface area contributed by atoms with Gasteiger partial charge >= 0.3 is 0 Å².